The van der Waals surface area contributed by atoms with Crippen molar-refractivity contribution in [3.63, 3.8) is 0 Å². The number of esters is 5. The van der Waals surface area contributed by atoms with E-state index >= 15 is 0 Å². The minimum absolute atomic E-state index is 0.0176. The minimum atomic E-state index is -2.23. The summed E-state index contributed by atoms with van der Waals surface area (Å²) in [6.45, 7) is 13.1. The molecule has 5 aliphatic carbocycles. The molecule has 0 aromatic rings. The lowest BCUT2D eigenvalue weighted by Gasteiger charge is -2.65. The van der Waals surface area contributed by atoms with Gasteiger partial charge in [0.15, 0.2) is 17.5 Å². The van der Waals surface area contributed by atoms with Crippen LogP contribution < -0.4 is 0 Å². The number of carbonyl (C=O) groups is 7. The molecule has 14 heteroatoms. The lowest BCUT2D eigenvalue weighted by molar-refractivity contribution is -0.275. The molecular weight excluding hydrogens is 656 g/mol. The van der Waals surface area contributed by atoms with E-state index in [2.05, 4.69) is 0 Å². The molecule has 0 unspecified atom stereocenters. The van der Waals surface area contributed by atoms with Gasteiger partial charge in [0, 0.05) is 74.5 Å². The van der Waals surface area contributed by atoms with Crippen LogP contribution in [0.25, 0.3) is 0 Å². The third kappa shape index (κ3) is 4.23. The number of ketones is 2. The van der Waals surface area contributed by atoms with Crippen LogP contribution in [0.5, 0.6) is 0 Å². The molecule has 7 rings (SSSR count). The maximum Gasteiger partial charge on any atom is 0.339 e. The number of fused-ring (bicyclic) bond motifs is 8. The van der Waals surface area contributed by atoms with Crippen LogP contribution in [0.2, 0.25) is 0 Å². The minimum Gasteiger partial charge on any atom is -0.460 e. The lowest BCUT2D eigenvalue weighted by atomic mass is 9.41. The number of epoxide rings is 1. The Balaban J connectivity index is 1.55. The largest absolute Gasteiger partial charge is 0.460 e. The van der Waals surface area contributed by atoms with Crippen molar-refractivity contribution < 1.29 is 67.1 Å². The molecule has 1 N–H and O–H groups in total. The maximum atomic E-state index is 14.9. The van der Waals surface area contributed by atoms with Crippen molar-refractivity contribution in [1.82, 2.24) is 0 Å². The van der Waals surface area contributed by atoms with Crippen molar-refractivity contribution in [3.8, 4) is 0 Å². The summed E-state index contributed by atoms with van der Waals surface area (Å²) in [5.41, 5.74) is -6.49. The van der Waals surface area contributed by atoms with Crippen molar-refractivity contribution in [2.45, 2.75) is 123 Å². The Morgan fingerprint density at radius 2 is 1.32 bits per heavy atom. The summed E-state index contributed by atoms with van der Waals surface area (Å²) < 4.78 is 36.5. The van der Waals surface area contributed by atoms with E-state index in [4.69, 9.17) is 28.4 Å². The van der Waals surface area contributed by atoms with Crippen LogP contribution in [0.15, 0.2) is 0 Å². The Kier molecular flexibility index (Phi) is 7.58. The highest BCUT2D eigenvalue weighted by Gasteiger charge is 2.85. The zero-order valence-electron chi connectivity index (χ0n) is 29.8. The summed E-state index contributed by atoms with van der Waals surface area (Å²) in [6, 6.07) is 0. The molecule has 0 bridgehead atoms. The quantitative estimate of drug-likeness (QED) is 0.251. The maximum absolute atomic E-state index is 14.9. The Morgan fingerprint density at radius 1 is 0.740 bits per heavy atom. The highest BCUT2D eigenvalue weighted by molar-refractivity contribution is 5.96. The zero-order chi connectivity index (χ0) is 36.8. The van der Waals surface area contributed by atoms with Crippen LogP contribution in [0.4, 0.5) is 0 Å². The molecular formula is C36H46O14. The fourth-order valence-corrected chi connectivity index (χ4v) is 12.5. The highest BCUT2D eigenvalue weighted by Crippen LogP contribution is 2.76. The Hall–Kier alpha value is -3.39. The van der Waals surface area contributed by atoms with Crippen LogP contribution >= 0.6 is 0 Å². The Morgan fingerprint density at radius 3 is 1.90 bits per heavy atom. The molecule has 5 saturated carbocycles. The molecule has 7 fully saturated rings. The third-order valence-corrected chi connectivity index (χ3v) is 14.3. The van der Waals surface area contributed by atoms with Gasteiger partial charge < -0.3 is 33.5 Å². The fourth-order valence-electron chi connectivity index (χ4n) is 12.5. The molecule has 0 aromatic heterocycles. The van der Waals surface area contributed by atoms with Crippen molar-refractivity contribution in [2.24, 2.45) is 57.7 Å². The predicted molar refractivity (Wildman–Crippen MR) is 165 cm³/mol. The van der Waals surface area contributed by atoms with Gasteiger partial charge in [0.2, 0.25) is 0 Å². The predicted octanol–water partition coefficient (Wildman–Crippen LogP) is 1.50. The molecule has 0 radical (unpaired) electrons. The molecule has 0 amide bonds. The van der Waals surface area contributed by atoms with Gasteiger partial charge in [0.25, 0.3) is 0 Å². The summed E-state index contributed by atoms with van der Waals surface area (Å²) in [4.78, 5) is 94.6. The van der Waals surface area contributed by atoms with Crippen molar-refractivity contribution >= 4 is 41.4 Å². The summed E-state index contributed by atoms with van der Waals surface area (Å²) >= 11 is 0. The molecule has 14 nitrogen and oxygen atoms in total. The Labute approximate surface area is 289 Å². The van der Waals surface area contributed by atoms with E-state index in [1.165, 1.54) is 34.6 Å². The molecule has 7 aliphatic rings. The summed E-state index contributed by atoms with van der Waals surface area (Å²) in [5.74, 6) is -10.3. The normalized spacial score (nSPS) is 52.5. The van der Waals surface area contributed by atoms with Gasteiger partial charge in [-0.2, -0.15) is 0 Å². The van der Waals surface area contributed by atoms with E-state index in [1.54, 1.807) is 13.8 Å². The van der Waals surface area contributed by atoms with Gasteiger partial charge in [0.05, 0.1) is 11.5 Å². The van der Waals surface area contributed by atoms with Gasteiger partial charge in [-0.25, -0.2) is 4.79 Å². The van der Waals surface area contributed by atoms with Crippen LogP contribution in [-0.4, -0.2) is 94.8 Å². The molecule has 0 aromatic carbocycles. The van der Waals surface area contributed by atoms with Crippen LogP contribution in [0.3, 0.4) is 0 Å². The first-order chi connectivity index (χ1) is 23.1. The standard InChI is InChI=1S/C36H46O14/c1-12-10-19(41)35(8)24-21(12)34(7)22(28(24)50-32(43)36(35,9)44)20-23(29(46-14(3)38)31(34)48-16(5)40)33(6)17(25(42)27(20)45-13(2)37)11-18-26(49-18)30(33)47-15(4)39/h12,17-18,20-24,26-31,44H,10-11H2,1-9H3/t12-,17-,18+,20+,21+,22-,23-,24+,26+,27-,28-,29+,30+,31+,33+,34-,35+,36-/m1/s1. The van der Waals surface area contributed by atoms with Crippen LogP contribution in [-0.2, 0) is 62.0 Å². The fraction of sp³-hybridized carbons (Fsp3) is 0.806. The SMILES string of the molecule is CC(=O)O[C@H]1[C@H]2[C@H]([C@@H]3[C@H]4OC(=O)[C@@](C)(O)[C@@]5(C)C(=O)C[C@@H](C)[C@@H]([C@@H]45)[C@@]3(C)[C@H]1OC(C)=O)[C@@H](OC(C)=O)C(=O)[C@H]1C[C@@H]3O[C@@H]3[C@H](OC(C)=O)[C@]21C. The smallest absolute Gasteiger partial charge is 0.339 e. The molecule has 274 valence electrons. The van der Waals surface area contributed by atoms with Gasteiger partial charge in [-0.3, -0.25) is 28.8 Å². The molecule has 2 saturated heterocycles. The zero-order valence-corrected chi connectivity index (χ0v) is 29.8. The monoisotopic (exact) mass is 702 g/mol. The van der Waals surface area contributed by atoms with E-state index in [0.717, 1.165) is 0 Å². The van der Waals surface area contributed by atoms with Crippen LogP contribution in [0, 0.1) is 57.7 Å². The van der Waals surface area contributed by atoms with E-state index in [9.17, 15) is 38.7 Å². The molecule has 2 heterocycles. The topological polar surface area (TPSA) is 198 Å². The van der Waals surface area contributed by atoms with E-state index < -0.39 is 142 Å². The number of carbonyl (C=O) groups excluding carboxylic acids is 7. The van der Waals surface area contributed by atoms with Gasteiger partial charge in [0.1, 0.15) is 36.3 Å². The second-order valence-corrected chi connectivity index (χ2v) is 16.7. The summed E-state index contributed by atoms with van der Waals surface area (Å²) in [7, 11) is 0. The summed E-state index contributed by atoms with van der Waals surface area (Å²) in [5, 5.41) is 11.8. The van der Waals surface area contributed by atoms with Gasteiger partial charge in [-0.1, -0.05) is 20.8 Å². The van der Waals surface area contributed by atoms with Gasteiger partial charge in [-0.05, 0) is 32.1 Å². The molecule has 18 atom stereocenters. The first kappa shape index (κ1) is 35.0. The number of hydrogen-bond donors (Lipinski definition) is 1. The van der Waals surface area contributed by atoms with Crippen molar-refractivity contribution in [2.75, 3.05) is 0 Å². The number of ether oxygens (including phenoxy) is 6. The van der Waals surface area contributed by atoms with Gasteiger partial charge in [-0.15, -0.1) is 0 Å². The average molecular weight is 703 g/mol. The van der Waals surface area contributed by atoms with E-state index in [-0.39, 0.29) is 18.6 Å². The molecule has 50 heavy (non-hydrogen) atoms. The number of Topliss-reactive ketones (excluding diaryl/α,β-unsaturated/α-hetero) is 2. The van der Waals surface area contributed by atoms with E-state index in [0.29, 0.717) is 0 Å². The third-order valence-electron chi connectivity index (χ3n) is 14.3. The van der Waals surface area contributed by atoms with Crippen molar-refractivity contribution in [3.05, 3.63) is 0 Å². The summed E-state index contributed by atoms with van der Waals surface area (Å²) in [6.07, 6.45) is -6.87. The molecule has 2 aliphatic heterocycles. The highest BCUT2D eigenvalue weighted by atomic mass is 16.6. The Bertz CT molecular complexity index is 1600. The number of rotatable bonds is 4. The van der Waals surface area contributed by atoms with Crippen molar-refractivity contribution in [1.29, 1.82) is 0 Å². The second-order valence-electron chi connectivity index (χ2n) is 16.7. The lowest BCUT2D eigenvalue weighted by Crippen LogP contribution is -2.75. The van der Waals surface area contributed by atoms with Gasteiger partial charge >= 0.3 is 29.8 Å². The second kappa shape index (κ2) is 10.8. The van der Waals surface area contributed by atoms with Crippen LogP contribution in [0.1, 0.15) is 75.2 Å². The number of aliphatic hydroxyl groups is 1. The average Bonchev–Trinajstić information content (AvgIpc) is 3.71. The number of hydrogen-bond acceptors (Lipinski definition) is 14. The molecule has 0 spiro atoms. The first-order valence-corrected chi connectivity index (χ1v) is 17.5. The first-order valence-electron chi connectivity index (χ1n) is 17.5. The van der Waals surface area contributed by atoms with E-state index in [1.807, 2.05) is 13.8 Å².